The molecule has 0 aliphatic carbocycles. The summed E-state index contributed by atoms with van der Waals surface area (Å²) in [5.74, 6) is 0.0267. The molecule has 8 heteroatoms. The quantitative estimate of drug-likeness (QED) is 0.806. The standard InChI is InChI=1S/C13H12BrFN2O3S/c1-17-21(18,19)9-3-5-13(12(16)7-9)20-8-2-4-10(14)11(15)6-8/h2-7,17H,16H2,1H3. The molecule has 0 bridgehead atoms. The third-order valence-corrected chi connectivity index (χ3v) is 4.73. The van der Waals surface area contributed by atoms with Crippen LogP contribution >= 0.6 is 15.9 Å². The predicted octanol–water partition coefficient (Wildman–Crippen LogP) is 2.87. The molecule has 112 valence electrons. The average molecular weight is 375 g/mol. The van der Waals surface area contributed by atoms with Gasteiger partial charge in [-0.1, -0.05) is 0 Å². The highest BCUT2D eigenvalue weighted by Gasteiger charge is 2.14. The van der Waals surface area contributed by atoms with E-state index < -0.39 is 15.8 Å². The van der Waals surface area contributed by atoms with Crippen molar-refractivity contribution in [2.24, 2.45) is 0 Å². The van der Waals surface area contributed by atoms with Crippen LogP contribution in [-0.4, -0.2) is 15.5 Å². The fourth-order valence-electron chi connectivity index (χ4n) is 1.57. The summed E-state index contributed by atoms with van der Waals surface area (Å²) < 4.78 is 44.6. The van der Waals surface area contributed by atoms with Crippen LogP contribution in [0, 0.1) is 5.82 Å². The second-order valence-corrected chi connectivity index (χ2v) is 6.83. The SMILES string of the molecule is CNS(=O)(=O)c1ccc(Oc2ccc(Br)c(F)c2)c(N)c1. The lowest BCUT2D eigenvalue weighted by Crippen LogP contribution is -2.18. The van der Waals surface area contributed by atoms with Gasteiger partial charge in [-0.2, -0.15) is 0 Å². The van der Waals surface area contributed by atoms with Gasteiger partial charge in [-0.15, -0.1) is 0 Å². The smallest absolute Gasteiger partial charge is 0.240 e. The number of hydrogen-bond acceptors (Lipinski definition) is 4. The lowest BCUT2D eigenvalue weighted by molar-refractivity contribution is 0.478. The number of halogens is 2. The Hall–Kier alpha value is -1.64. The molecule has 0 saturated carbocycles. The highest BCUT2D eigenvalue weighted by atomic mass is 79.9. The zero-order valence-electron chi connectivity index (χ0n) is 10.9. The van der Waals surface area contributed by atoms with Crippen LogP contribution in [0.3, 0.4) is 0 Å². The number of sulfonamides is 1. The Kier molecular flexibility index (Phi) is 4.50. The van der Waals surface area contributed by atoms with Crippen LogP contribution in [0.25, 0.3) is 0 Å². The van der Waals surface area contributed by atoms with Crippen molar-refractivity contribution in [3.05, 3.63) is 46.7 Å². The summed E-state index contributed by atoms with van der Waals surface area (Å²) >= 11 is 3.04. The maximum atomic E-state index is 13.4. The van der Waals surface area contributed by atoms with Gasteiger partial charge in [0, 0.05) is 6.07 Å². The Balaban J connectivity index is 2.31. The van der Waals surface area contributed by atoms with Crippen molar-refractivity contribution in [3.63, 3.8) is 0 Å². The van der Waals surface area contributed by atoms with E-state index in [-0.39, 0.29) is 22.1 Å². The molecule has 2 rings (SSSR count). The normalized spacial score (nSPS) is 11.4. The summed E-state index contributed by atoms with van der Waals surface area (Å²) in [6, 6.07) is 8.30. The summed E-state index contributed by atoms with van der Waals surface area (Å²) in [5, 5.41) is 0. The number of nitrogens with two attached hydrogens (primary N) is 1. The lowest BCUT2D eigenvalue weighted by atomic mass is 10.3. The molecule has 0 heterocycles. The van der Waals surface area contributed by atoms with Gasteiger partial charge in [0.1, 0.15) is 17.3 Å². The largest absolute Gasteiger partial charge is 0.455 e. The predicted molar refractivity (Wildman–Crippen MR) is 81.3 cm³/mol. The van der Waals surface area contributed by atoms with Crippen molar-refractivity contribution < 1.29 is 17.5 Å². The van der Waals surface area contributed by atoms with Crippen LogP contribution in [0.1, 0.15) is 0 Å². The first-order valence-corrected chi connectivity index (χ1v) is 8.07. The topological polar surface area (TPSA) is 81.4 Å². The molecule has 0 fully saturated rings. The van der Waals surface area contributed by atoms with Crippen molar-refractivity contribution in [3.8, 4) is 11.5 Å². The fourth-order valence-corrected chi connectivity index (χ4v) is 2.58. The van der Waals surface area contributed by atoms with E-state index in [1.165, 1.54) is 37.4 Å². The molecular weight excluding hydrogens is 363 g/mol. The van der Waals surface area contributed by atoms with E-state index in [9.17, 15) is 12.8 Å². The molecule has 0 unspecified atom stereocenters. The number of ether oxygens (including phenoxy) is 1. The van der Waals surface area contributed by atoms with Gasteiger partial charge in [0.15, 0.2) is 0 Å². The van der Waals surface area contributed by atoms with Gasteiger partial charge in [-0.05, 0) is 53.3 Å². The van der Waals surface area contributed by atoms with Gasteiger partial charge in [-0.25, -0.2) is 17.5 Å². The van der Waals surface area contributed by atoms with Crippen LogP contribution in [-0.2, 0) is 10.0 Å². The van der Waals surface area contributed by atoms with Gasteiger partial charge in [0.25, 0.3) is 0 Å². The van der Waals surface area contributed by atoms with E-state index >= 15 is 0 Å². The second-order valence-electron chi connectivity index (χ2n) is 4.09. The van der Waals surface area contributed by atoms with Gasteiger partial charge < -0.3 is 10.5 Å². The van der Waals surface area contributed by atoms with E-state index in [0.717, 1.165) is 0 Å². The van der Waals surface area contributed by atoms with E-state index in [2.05, 4.69) is 20.7 Å². The summed E-state index contributed by atoms with van der Waals surface area (Å²) in [5.41, 5.74) is 5.90. The first kappa shape index (κ1) is 15.7. The minimum atomic E-state index is -3.57. The van der Waals surface area contributed by atoms with Gasteiger partial charge in [-0.3, -0.25) is 0 Å². The monoisotopic (exact) mass is 374 g/mol. The molecule has 0 atom stereocenters. The maximum Gasteiger partial charge on any atom is 0.240 e. The fraction of sp³-hybridized carbons (Fsp3) is 0.0769. The third kappa shape index (κ3) is 3.52. The molecule has 0 saturated heterocycles. The molecule has 3 N–H and O–H groups in total. The Bertz CT molecular complexity index is 781. The minimum Gasteiger partial charge on any atom is -0.455 e. The molecular formula is C13H12BrFN2O3S. The lowest BCUT2D eigenvalue weighted by Gasteiger charge is -2.10. The molecule has 2 aromatic rings. The second kappa shape index (κ2) is 6.00. The van der Waals surface area contributed by atoms with Crippen molar-refractivity contribution in [2.45, 2.75) is 4.90 Å². The Morgan fingerprint density at radius 1 is 1.24 bits per heavy atom. The van der Waals surface area contributed by atoms with E-state index in [1.54, 1.807) is 6.07 Å². The molecule has 0 radical (unpaired) electrons. The average Bonchev–Trinajstić information content (AvgIpc) is 2.45. The van der Waals surface area contributed by atoms with Crippen molar-refractivity contribution in [1.82, 2.24) is 4.72 Å². The van der Waals surface area contributed by atoms with Gasteiger partial charge in [0.2, 0.25) is 10.0 Å². The van der Waals surface area contributed by atoms with Crippen molar-refractivity contribution in [1.29, 1.82) is 0 Å². The Morgan fingerprint density at radius 2 is 1.95 bits per heavy atom. The zero-order chi connectivity index (χ0) is 15.6. The molecule has 0 aromatic heterocycles. The molecule has 0 aliphatic heterocycles. The number of hydrogen-bond donors (Lipinski definition) is 2. The summed E-state index contributed by atoms with van der Waals surface area (Å²) in [6.07, 6.45) is 0. The Labute approximate surface area is 130 Å². The molecule has 0 spiro atoms. The molecule has 5 nitrogen and oxygen atoms in total. The van der Waals surface area contributed by atoms with Crippen LogP contribution in [0.2, 0.25) is 0 Å². The van der Waals surface area contributed by atoms with E-state index in [0.29, 0.717) is 4.47 Å². The number of rotatable bonds is 4. The van der Waals surface area contributed by atoms with Crippen LogP contribution in [0.15, 0.2) is 45.8 Å². The summed E-state index contributed by atoms with van der Waals surface area (Å²) in [7, 11) is -2.27. The molecule has 2 aromatic carbocycles. The molecule has 21 heavy (non-hydrogen) atoms. The van der Waals surface area contributed by atoms with Crippen molar-refractivity contribution >= 4 is 31.6 Å². The highest BCUT2D eigenvalue weighted by Crippen LogP contribution is 2.31. The number of benzene rings is 2. The first-order valence-electron chi connectivity index (χ1n) is 5.79. The van der Waals surface area contributed by atoms with Crippen LogP contribution in [0.5, 0.6) is 11.5 Å². The van der Waals surface area contributed by atoms with Crippen molar-refractivity contribution in [2.75, 3.05) is 12.8 Å². The van der Waals surface area contributed by atoms with E-state index in [4.69, 9.17) is 10.5 Å². The van der Waals surface area contributed by atoms with Crippen LogP contribution in [0.4, 0.5) is 10.1 Å². The maximum absolute atomic E-state index is 13.4. The number of anilines is 1. The summed E-state index contributed by atoms with van der Waals surface area (Å²) in [6.45, 7) is 0. The van der Waals surface area contributed by atoms with Gasteiger partial charge in [0.05, 0.1) is 15.1 Å². The zero-order valence-corrected chi connectivity index (χ0v) is 13.3. The molecule has 0 aliphatic rings. The highest BCUT2D eigenvalue weighted by molar-refractivity contribution is 9.10. The third-order valence-electron chi connectivity index (χ3n) is 2.68. The Morgan fingerprint density at radius 3 is 2.52 bits per heavy atom. The van der Waals surface area contributed by atoms with Gasteiger partial charge >= 0.3 is 0 Å². The van der Waals surface area contributed by atoms with E-state index in [1.807, 2.05) is 0 Å². The summed E-state index contributed by atoms with van der Waals surface area (Å²) in [4.78, 5) is 0.0248. The minimum absolute atomic E-state index is 0.0248. The number of nitrogens with one attached hydrogen (secondary N) is 1. The first-order chi connectivity index (χ1) is 9.83. The molecule has 0 amide bonds. The van der Waals surface area contributed by atoms with Crippen LogP contribution < -0.4 is 15.2 Å². The number of nitrogen functional groups attached to an aromatic ring is 1.